The summed E-state index contributed by atoms with van der Waals surface area (Å²) >= 11 is 11.5. The highest BCUT2D eigenvalue weighted by molar-refractivity contribution is 7.89. The van der Waals surface area contributed by atoms with E-state index in [1.54, 1.807) is 6.92 Å². The average molecular weight is 338 g/mol. The lowest BCUT2D eigenvalue weighted by atomic mass is 10.2. The molecule has 1 aromatic heterocycles. The number of sulfonamides is 1. The normalized spacial score (nSPS) is 20.8. The number of halogens is 2. The molecule has 0 saturated carbocycles. The van der Waals surface area contributed by atoms with Crippen LogP contribution < -0.4 is 5.32 Å². The zero-order valence-electron chi connectivity index (χ0n) is 10.6. The summed E-state index contributed by atoms with van der Waals surface area (Å²) in [4.78, 5) is 15.4. The summed E-state index contributed by atoms with van der Waals surface area (Å²) < 4.78 is 26.3. The zero-order valence-corrected chi connectivity index (χ0v) is 13.0. The van der Waals surface area contributed by atoms with E-state index in [9.17, 15) is 13.2 Å². The second kappa shape index (κ2) is 5.85. The minimum absolute atomic E-state index is 0.0362. The van der Waals surface area contributed by atoms with Gasteiger partial charge in [-0.1, -0.05) is 30.1 Å². The maximum atomic E-state index is 12.6. The molecule has 9 heteroatoms. The Balaban J connectivity index is 2.42. The molecule has 2 rings (SSSR count). The molecular formula is C11H13Cl2N3O3S. The van der Waals surface area contributed by atoms with Crippen molar-refractivity contribution in [1.82, 2.24) is 14.6 Å². The van der Waals surface area contributed by atoms with E-state index in [-0.39, 0.29) is 34.1 Å². The fraction of sp³-hybridized carbons (Fsp3) is 0.455. The van der Waals surface area contributed by atoms with Gasteiger partial charge in [0.25, 0.3) is 0 Å². The predicted molar refractivity (Wildman–Crippen MR) is 75.2 cm³/mol. The zero-order chi connectivity index (χ0) is 14.9. The summed E-state index contributed by atoms with van der Waals surface area (Å²) in [6.07, 6.45) is 1.53. The third-order valence-corrected chi connectivity index (χ3v) is 5.61. The molecule has 20 heavy (non-hydrogen) atoms. The van der Waals surface area contributed by atoms with E-state index >= 15 is 0 Å². The maximum Gasteiger partial charge on any atom is 0.245 e. The molecule has 2 heterocycles. The van der Waals surface area contributed by atoms with Crippen molar-refractivity contribution < 1.29 is 13.2 Å². The second-order valence-electron chi connectivity index (χ2n) is 4.27. The summed E-state index contributed by atoms with van der Waals surface area (Å²) in [5.74, 6) is -0.296. The lowest BCUT2D eigenvalue weighted by Crippen LogP contribution is -2.56. The number of rotatable bonds is 3. The van der Waals surface area contributed by atoms with E-state index in [4.69, 9.17) is 23.2 Å². The lowest BCUT2D eigenvalue weighted by Gasteiger charge is -2.33. The number of amides is 1. The van der Waals surface area contributed by atoms with Crippen molar-refractivity contribution in [2.24, 2.45) is 0 Å². The molecule has 1 atom stereocenters. The van der Waals surface area contributed by atoms with Crippen LogP contribution in [0.2, 0.25) is 10.2 Å². The summed E-state index contributed by atoms with van der Waals surface area (Å²) in [6.45, 7) is 2.25. The molecule has 110 valence electrons. The SMILES string of the molecule is CCC1C(=O)NCCN1S(=O)(=O)c1cnc(Cl)c(Cl)c1. The fourth-order valence-electron chi connectivity index (χ4n) is 2.05. The number of nitrogens with zero attached hydrogens (tertiary/aromatic N) is 2. The molecule has 0 bridgehead atoms. The Morgan fingerprint density at radius 2 is 2.20 bits per heavy atom. The Hall–Kier alpha value is -0.890. The molecule has 0 radical (unpaired) electrons. The van der Waals surface area contributed by atoms with Crippen molar-refractivity contribution in [3.8, 4) is 0 Å². The molecular weight excluding hydrogens is 325 g/mol. The fourth-order valence-corrected chi connectivity index (χ4v) is 4.02. The number of pyridine rings is 1. The van der Waals surface area contributed by atoms with Crippen LogP contribution in [0.3, 0.4) is 0 Å². The standard InChI is InChI=1S/C11H13Cl2N3O3S/c1-2-9-11(17)14-3-4-16(9)20(18,19)7-5-8(12)10(13)15-6-7/h5-6,9H,2-4H2,1H3,(H,14,17). The number of piperazine rings is 1. The van der Waals surface area contributed by atoms with Crippen LogP contribution in [-0.2, 0) is 14.8 Å². The molecule has 1 aliphatic heterocycles. The number of carbonyl (C=O) groups excluding carboxylic acids is 1. The Morgan fingerprint density at radius 3 is 2.80 bits per heavy atom. The third kappa shape index (κ3) is 2.76. The van der Waals surface area contributed by atoms with E-state index < -0.39 is 16.1 Å². The van der Waals surface area contributed by atoms with Crippen molar-refractivity contribution in [3.05, 3.63) is 22.4 Å². The second-order valence-corrected chi connectivity index (χ2v) is 6.93. The van der Waals surface area contributed by atoms with Crippen LogP contribution in [0.5, 0.6) is 0 Å². The minimum atomic E-state index is -3.83. The smallest absolute Gasteiger partial charge is 0.245 e. The highest BCUT2D eigenvalue weighted by atomic mass is 35.5. The van der Waals surface area contributed by atoms with Crippen LogP contribution in [-0.4, -0.2) is 42.7 Å². The average Bonchev–Trinajstić information content (AvgIpc) is 2.41. The number of nitrogens with one attached hydrogen (secondary N) is 1. The van der Waals surface area contributed by atoms with E-state index in [0.29, 0.717) is 6.42 Å². The predicted octanol–water partition coefficient (Wildman–Crippen LogP) is 1.29. The minimum Gasteiger partial charge on any atom is -0.353 e. The lowest BCUT2D eigenvalue weighted by molar-refractivity contribution is -0.126. The van der Waals surface area contributed by atoms with E-state index in [2.05, 4.69) is 10.3 Å². The van der Waals surface area contributed by atoms with Gasteiger partial charge in [0.2, 0.25) is 15.9 Å². The first-order valence-corrected chi connectivity index (χ1v) is 8.18. The quantitative estimate of drug-likeness (QED) is 0.843. The molecule has 1 aromatic rings. The van der Waals surface area contributed by atoms with Gasteiger partial charge in [0.05, 0.1) is 5.02 Å². The molecule has 1 saturated heterocycles. The van der Waals surface area contributed by atoms with Gasteiger partial charge in [-0.25, -0.2) is 13.4 Å². The molecule has 1 unspecified atom stereocenters. The van der Waals surface area contributed by atoms with Crippen molar-refractivity contribution in [1.29, 1.82) is 0 Å². The molecule has 0 aromatic carbocycles. The molecule has 0 aliphatic carbocycles. The summed E-state index contributed by atoms with van der Waals surface area (Å²) in [5.41, 5.74) is 0. The largest absolute Gasteiger partial charge is 0.353 e. The van der Waals surface area contributed by atoms with E-state index in [1.807, 2.05) is 0 Å². The number of carbonyl (C=O) groups is 1. The Morgan fingerprint density at radius 1 is 1.50 bits per heavy atom. The van der Waals surface area contributed by atoms with Crippen molar-refractivity contribution >= 4 is 39.1 Å². The van der Waals surface area contributed by atoms with Crippen LogP contribution in [0.25, 0.3) is 0 Å². The van der Waals surface area contributed by atoms with Crippen molar-refractivity contribution in [3.63, 3.8) is 0 Å². The van der Waals surface area contributed by atoms with Gasteiger partial charge in [0, 0.05) is 19.3 Å². The maximum absolute atomic E-state index is 12.6. The molecule has 1 fully saturated rings. The van der Waals surface area contributed by atoms with Gasteiger partial charge in [-0.2, -0.15) is 4.31 Å². The van der Waals surface area contributed by atoms with Gasteiger partial charge in [0.15, 0.2) is 0 Å². The first-order chi connectivity index (χ1) is 9.37. The highest BCUT2D eigenvalue weighted by Crippen LogP contribution is 2.26. The first-order valence-electron chi connectivity index (χ1n) is 5.98. The van der Waals surface area contributed by atoms with Gasteiger partial charge in [-0.05, 0) is 12.5 Å². The number of aromatic nitrogens is 1. The number of hydrogen-bond acceptors (Lipinski definition) is 4. The molecule has 6 nitrogen and oxygen atoms in total. The molecule has 1 aliphatic rings. The van der Waals surface area contributed by atoms with Gasteiger partial charge < -0.3 is 5.32 Å². The molecule has 1 amide bonds. The van der Waals surface area contributed by atoms with E-state index in [0.717, 1.165) is 6.20 Å². The molecule has 1 N–H and O–H groups in total. The molecule has 0 spiro atoms. The van der Waals surface area contributed by atoms with Crippen LogP contribution in [0.15, 0.2) is 17.2 Å². The Labute approximate surface area is 127 Å². The van der Waals surface area contributed by atoms with Crippen LogP contribution in [0, 0.1) is 0 Å². The Kier molecular flexibility index (Phi) is 4.53. The van der Waals surface area contributed by atoms with Crippen LogP contribution in [0.1, 0.15) is 13.3 Å². The Bertz CT molecular complexity index is 636. The topological polar surface area (TPSA) is 79.4 Å². The van der Waals surface area contributed by atoms with Crippen LogP contribution >= 0.6 is 23.2 Å². The van der Waals surface area contributed by atoms with Crippen molar-refractivity contribution in [2.75, 3.05) is 13.1 Å². The summed E-state index contributed by atoms with van der Waals surface area (Å²) in [7, 11) is -3.83. The van der Waals surface area contributed by atoms with Gasteiger partial charge >= 0.3 is 0 Å². The number of hydrogen-bond donors (Lipinski definition) is 1. The summed E-state index contributed by atoms with van der Waals surface area (Å²) in [5, 5.41) is 2.74. The van der Waals surface area contributed by atoms with Gasteiger partial charge in [-0.15, -0.1) is 0 Å². The van der Waals surface area contributed by atoms with Crippen molar-refractivity contribution in [2.45, 2.75) is 24.3 Å². The van der Waals surface area contributed by atoms with Crippen LogP contribution in [0.4, 0.5) is 0 Å². The third-order valence-electron chi connectivity index (χ3n) is 3.05. The highest BCUT2D eigenvalue weighted by Gasteiger charge is 2.37. The van der Waals surface area contributed by atoms with Gasteiger partial charge in [0.1, 0.15) is 16.1 Å². The first kappa shape index (κ1) is 15.5. The summed E-state index contributed by atoms with van der Waals surface area (Å²) in [6, 6.07) is 0.522. The van der Waals surface area contributed by atoms with Gasteiger partial charge in [-0.3, -0.25) is 4.79 Å². The van der Waals surface area contributed by atoms with E-state index in [1.165, 1.54) is 10.4 Å². The monoisotopic (exact) mass is 337 g/mol.